The topological polar surface area (TPSA) is 85.2 Å². The summed E-state index contributed by atoms with van der Waals surface area (Å²) < 4.78 is 9.09. The molecule has 0 bridgehead atoms. The number of carbonyl (C=O) groups is 1. The number of methoxy groups -OCH3 is 1. The van der Waals surface area contributed by atoms with Crippen LogP contribution >= 0.6 is 11.5 Å². The fraction of sp³-hybridized carbons (Fsp3) is 0.286. The van der Waals surface area contributed by atoms with Gasteiger partial charge in [-0.3, -0.25) is 0 Å². The number of aromatic nitrogens is 3. The van der Waals surface area contributed by atoms with E-state index in [2.05, 4.69) is 14.3 Å². The smallest absolute Gasteiger partial charge is 0.339 e. The highest BCUT2D eigenvalue weighted by Crippen LogP contribution is 2.20. The average molecular weight is 305 g/mol. The maximum Gasteiger partial charge on any atom is 0.339 e. The van der Waals surface area contributed by atoms with E-state index < -0.39 is 5.97 Å². The number of rotatable bonds is 5. The van der Waals surface area contributed by atoms with Crippen LogP contribution in [-0.4, -0.2) is 32.5 Å². The molecule has 2 heterocycles. The van der Waals surface area contributed by atoms with Crippen LogP contribution in [0.3, 0.4) is 0 Å². The highest BCUT2D eigenvalue weighted by atomic mass is 32.1. The van der Waals surface area contributed by atoms with Crippen LogP contribution in [0, 0.1) is 0 Å². The molecule has 0 fully saturated rings. The first-order chi connectivity index (χ1) is 10.0. The van der Waals surface area contributed by atoms with Gasteiger partial charge in [0, 0.05) is 12.3 Å². The van der Waals surface area contributed by atoms with E-state index in [0.29, 0.717) is 17.4 Å². The molecule has 0 aromatic carbocycles. The van der Waals surface area contributed by atoms with Crippen LogP contribution in [0.1, 0.15) is 46.5 Å². The number of aromatic carboxylic acids is 1. The van der Waals surface area contributed by atoms with E-state index in [-0.39, 0.29) is 11.5 Å². The summed E-state index contributed by atoms with van der Waals surface area (Å²) in [6.45, 7) is 3.80. The second-order valence-corrected chi connectivity index (χ2v) is 5.43. The lowest BCUT2D eigenvalue weighted by atomic mass is 10.1. The molecular formula is C14H15N3O3S. The van der Waals surface area contributed by atoms with Crippen molar-refractivity contribution in [3.63, 3.8) is 0 Å². The standard InChI is InChI=1S/C14H15N3O3S/c1-8(2)13-10(14(18)19)7-15-11(16-13)5-4-9-6-12(20-3)17-21-9/h4-8H,1-3H3,(H,18,19)/b5-4+. The highest BCUT2D eigenvalue weighted by Gasteiger charge is 2.15. The molecule has 0 radical (unpaired) electrons. The SMILES string of the molecule is COc1cc(/C=C/c2ncc(C(=O)O)c(C(C)C)n2)sn1. The van der Waals surface area contributed by atoms with Crippen molar-refractivity contribution in [2.75, 3.05) is 7.11 Å². The fourth-order valence-corrected chi connectivity index (χ4v) is 2.30. The van der Waals surface area contributed by atoms with Gasteiger partial charge in [-0.1, -0.05) is 13.8 Å². The lowest BCUT2D eigenvalue weighted by molar-refractivity contribution is 0.0694. The summed E-state index contributed by atoms with van der Waals surface area (Å²) in [6, 6.07) is 1.80. The summed E-state index contributed by atoms with van der Waals surface area (Å²) in [7, 11) is 1.56. The van der Waals surface area contributed by atoms with Gasteiger partial charge in [-0.25, -0.2) is 14.8 Å². The van der Waals surface area contributed by atoms with E-state index in [1.807, 2.05) is 19.9 Å². The van der Waals surface area contributed by atoms with Crippen molar-refractivity contribution < 1.29 is 14.6 Å². The van der Waals surface area contributed by atoms with Gasteiger partial charge in [0.2, 0.25) is 5.88 Å². The molecule has 6 nitrogen and oxygen atoms in total. The molecule has 21 heavy (non-hydrogen) atoms. The van der Waals surface area contributed by atoms with Crippen molar-refractivity contribution in [3.8, 4) is 5.88 Å². The predicted octanol–water partition coefficient (Wildman–Crippen LogP) is 2.93. The van der Waals surface area contributed by atoms with Gasteiger partial charge in [-0.2, -0.15) is 4.37 Å². The first kappa shape index (κ1) is 15.1. The van der Waals surface area contributed by atoms with E-state index in [1.165, 1.54) is 17.7 Å². The summed E-state index contributed by atoms with van der Waals surface area (Å²) >= 11 is 1.30. The first-order valence-electron chi connectivity index (χ1n) is 6.30. The largest absolute Gasteiger partial charge is 0.480 e. The molecule has 2 aromatic heterocycles. The molecule has 2 rings (SSSR count). The summed E-state index contributed by atoms with van der Waals surface area (Å²) in [6.07, 6.45) is 4.89. The van der Waals surface area contributed by atoms with Gasteiger partial charge in [0.05, 0.1) is 23.2 Å². The summed E-state index contributed by atoms with van der Waals surface area (Å²) in [5.74, 6) is 0.0249. The quantitative estimate of drug-likeness (QED) is 0.914. The second kappa shape index (κ2) is 6.45. The van der Waals surface area contributed by atoms with E-state index in [0.717, 1.165) is 4.88 Å². The van der Waals surface area contributed by atoms with Gasteiger partial charge in [0.1, 0.15) is 0 Å². The summed E-state index contributed by atoms with van der Waals surface area (Å²) in [4.78, 5) is 20.4. The van der Waals surface area contributed by atoms with Crippen molar-refractivity contribution in [1.29, 1.82) is 0 Å². The molecule has 0 aliphatic heterocycles. The predicted molar refractivity (Wildman–Crippen MR) is 80.7 cm³/mol. The Morgan fingerprint density at radius 3 is 2.76 bits per heavy atom. The van der Waals surface area contributed by atoms with Crippen LogP contribution in [0.25, 0.3) is 12.2 Å². The normalized spacial score (nSPS) is 11.2. The molecule has 1 N–H and O–H groups in total. The molecule has 0 spiro atoms. The van der Waals surface area contributed by atoms with Gasteiger partial charge in [-0.05, 0) is 29.6 Å². The monoisotopic (exact) mass is 305 g/mol. The van der Waals surface area contributed by atoms with Crippen LogP contribution < -0.4 is 4.74 Å². The zero-order chi connectivity index (χ0) is 15.4. The molecule has 0 atom stereocenters. The Morgan fingerprint density at radius 2 is 2.19 bits per heavy atom. The fourth-order valence-electron chi connectivity index (χ4n) is 1.70. The number of hydrogen-bond acceptors (Lipinski definition) is 6. The summed E-state index contributed by atoms with van der Waals surface area (Å²) in [5, 5.41) is 9.12. The molecule has 0 unspecified atom stereocenters. The Kier molecular flexibility index (Phi) is 4.64. The molecule has 0 saturated heterocycles. The average Bonchev–Trinajstić information content (AvgIpc) is 2.92. The molecule has 2 aromatic rings. The van der Waals surface area contributed by atoms with Crippen molar-refractivity contribution in [1.82, 2.24) is 14.3 Å². The Balaban J connectivity index is 2.28. The zero-order valence-corrected chi connectivity index (χ0v) is 12.7. The highest BCUT2D eigenvalue weighted by molar-refractivity contribution is 7.07. The lowest BCUT2D eigenvalue weighted by Crippen LogP contribution is -2.08. The van der Waals surface area contributed by atoms with Crippen LogP contribution in [0.4, 0.5) is 0 Å². The Morgan fingerprint density at radius 1 is 1.43 bits per heavy atom. The number of nitrogens with zero attached hydrogens (tertiary/aromatic N) is 3. The number of carboxylic acids is 1. The maximum atomic E-state index is 11.1. The van der Waals surface area contributed by atoms with E-state index in [1.54, 1.807) is 19.3 Å². The van der Waals surface area contributed by atoms with Gasteiger partial charge in [0.25, 0.3) is 0 Å². The number of ether oxygens (including phenoxy) is 1. The third-order valence-electron chi connectivity index (χ3n) is 2.73. The van der Waals surface area contributed by atoms with Gasteiger partial charge in [0.15, 0.2) is 5.82 Å². The van der Waals surface area contributed by atoms with Crippen LogP contribution in [0.5, 0.6) is 5.88 Å². The third kappa shape index (κ3) is 3.63. The number of hydrogen-bond donors (Lipinski definition) is 1. The second-order valence-electron chi connectivity index (χ2n) is 4.59. The molecular weight excluding hydrogens is 290 g/mol. The van der Waals surface area contributed by atoms with Crippen molar-refractivity contribution >= 4 is 29.7 Å². The first-order valence-corrected chi connectivity index (χ1v) is 7.07. The van der Waals surface area contributed by atoms with Crippen molar-refractivity contribution in [3.05, 3.63) is 34.2 Å². The Bertz CT molecular complexity index is 680. The van der Waals surface area contributed by atoms with Crippen molar-refractivity contribution in [2.24, 2.45) is 0 Å². The van der Waals surface area contributed by atoms with Crippen LogP contribution in [-0.2, 0) is 0 Å². The molecule has 7 heteroatoms. The third-order valence-corrected chi connectivity index (χ3v) is 3.46. The number of carboxylic acid groups (broad SMARTS) is 1. The molecule has 0 amide bonds. The van der Waals surface area contributed by atoms with Crippen LogP contribution in [0.15, 0.2) is 12.3 Å². The van der Waals surface area contributed by atoms with Gasteiger partial charge < -0.3 is 9.84 Å². The molecule has 110 valence electrons. The molecule has 0 aliphatic rings. The molecule has 0 saturated carbocycles. The molecule has 0 aliphatic carbocycles. The van der Waals surface area contributed by atoms with Gasteiger partial charge in [-0.15, -0.1) is 0 Å². The zero-order valence-electron chi connectivity index (χ0n) is 11.9. The lowest BCUT2D eigenvalue weighted by Gasteiger charge is -2.08. The van der Waals surface area contributed by atoms with Crippen molar-refractivity contribution in [2.45, 2.75) is 19.8 Å². The maximum absolute atomic E-state index is 11.1. The van der Waals surface area contributed by atoms with E-state index in [9.17, 15) is 4.79 Å². The minimum absolute atomic E-state index is 0.00903. The van der Waals surface area contributed by atoms with E-state index >= 15 is 0 Å². The van der Waals surface area contributed by atoms with Crippen LogP contribution in [0.2, 0.25) is 0 Å². The van der Waals surface area contributed by atoms with Gasteiger partial charge >= 0.3 is 5.97 Å². The minimum atomic E-state index is -1.01. The Hall–Kier alpha value is -2.28. The minimum Gasteiger partial charge on any atom is -0.480 e. The summed E-state index contributed by atoms with van der Waals surface area (Å²) in [5.41, 5.74) is 0.667. The van der Waals surface area contributed by atoms with E-state index in [4.69, 9.17) is 9.84 Å². The Labute approximate surface area is 126 Å².